The Hall–Kier alpha value is -2.50. The Morgan fingerprint density at radius 2 is 1.52 bits per heavy atom. The molecule has 2 fully saturated rings. The van der Waals surface area contributed by atoms with Crippen LogP contribution in [0.25, 0.3) is 0 Å². The van der Waals surface area contributed by atoms with Crippen molar-refractivity contribution in [2.45, 2.75) is 25.7 Å². The third kappa shape index (κ3) is 4.24. The first-order valence-electron chi connectivity index (χ1n) is 10.5. The third-order valence-electron chi connectivity index (χ3n) is 6.03. The van der Waals surface area contributed by atoms with Crippen LogP contribution in [0.15, 0.2) is 47.4 Å². The number of halogens is 1. The highest BCUT2D eigenvalue weighted by Crippen LogP contribution is 2.37. The maximum atomic E-state index is 13.3. The number of hydrogen-bond donors (Lipinski definition) is 0. The lowest BCUT2D eigenvalue weighted by molar-refractivity contribution is -0.123. The van der Waals surface area contributed by atoms with Crippen molar-refractivity contribution in [3.8, 4) is 0 Å². The Morgan fingerprint density at radius 1 is 0.939 bits per heavy atom. The topological polar surface area (TPSA) is 95.1 Å². The molecule has 0 aromatic heterocycles. The minimum atomic E-state index is -3.82. The minimum Gasteiger partial charge on any atom is -0.369 e. The molecule has 0 N–H and O–H groups in total. The largest absolute Gasteiger partial charge is 0.369 e. The molecule has 0 bridgehead atoms. The second-order valence-electron chi connectivity index (χ2n) is 9.03. The molecule has 1 amide bonds. The van der Waals surface area contributed by atoms with Gasteiger partial charge in [0.25, 0.3) is 0 Å². The van der Waals surface area contributed by atoms with Gasteiger partial charge in [-0.2, -0.15) is 4.31 Å². The summed E-state index contributed by atoms with van der Waals surface area (Å²) in [5.41, 5.74) is 0.291. The van der Waals surface area contributed by atoms with Crippen molar-refractivity contribution in [3.63, 3.8) is 0 Å². The van der Waals surface area contributed by atoms with E-state index in [1.165, 1.54) is 34.6 Å². The van der Waals surface area contributed by atoms with Crippen LogP contribution in [0, 0.1) is 18.2 Å². The van der Waals surface area contributed by atoms with Gasteiger partial charge in [-0.25, -0.2) is 25.5 Å². The third-order valence-corrected chi connectivity index (χ3v) is 10.1. The number of carbonyl (C=O) groups is 1. The number of nitrogens with zero attached hydrogens (tertiary/aromatic N) is 3. The smallest absolute Gasteiger partial charge is 0.247 e. The zero-order chi connectivity index (χ0) is 24.2. The molecule has 11 heteroatoms. The molecule has 8 nitrogen and oxygen atoms in total. The zero-order valence-corrected chi connectivity index (χ0v) is 20.3. The van der Waals surface area contributed by atoms with Gasteiger partial charge in [0.2, 0.25) is 26.0 Å². The maximum Gasteiger partial charge on any atom is 0.247 e. The molecule has 2 aromatic carbocycles. The lowest BCUT2D eigenvalue weighted by atomic mass is 9.95. The van der Waals surface area contributed by atoms with Gasteiger partial charge in [-0.05, 0) is 68.8 Å². The van der Waals surface area contributed by atoms with E-state index in [0.717, 1.165) is 9.99 Å². The number of carbonyl (C=O) groups excluding carboxylic acids is 1. The van der Waals surface area contributed by atoms with Crippen LogP contribution in [0.3, 0.4) is 0 Å². The van der Waals surface area contributed by atoms with Crippen molar-refractivity contribution in [3.05, 3.63) is 53.8 Å². The van der Waals surface area contributed by atoms with Crippen LogP contribution in [0.1, 0.15) is 19.4 Å². The molecule has 178 valence electrons. The van der Waals surface area contributed by atoms with Crippen LogP contribution < -0.4 is 9.21 Å². The predicted octanol–water partition coefficient (Wildman–Crippen LogP) is 2.35. The molecule has 4 rings (SSSR count). The van der Waals surface area contributed by atoms with E-state index < -0.39 is 31.4 Å². The molecule has 0 atom stereocenters. The molecule has 0 unspecified atom stereocenters. The van der Waals surface area contributed by atoms with Gasteiger partial charge >= 0.3 is 0 Å². The molecule has 2 aliphatic heterocycles. The monoisotopic (exact) mass is 495 g/mol. The van der Waals surface area contributed by atoms with Crippen molar-refractivity contribution in [2.24, 2.45) is 5.41 Å². The highest BCUT2D eigenvalue weighted by Gasteiger charge is 2.50. The van der Waals surface area contributed by atoms with Gasteiger partial charge in [0.15, 0.2) is 0 Å². The Balaban J connectivity index is 1.55. The highest BCUT2D eigenvalue weighted by atomic mass is 32.2. The highest BCUT2D eigenvalue weighted by molar-refractivity contribution is 7.94. The summed E-state index contributed by atoms with van der Waals surface area (Å²) < 4.78 is 67.0. The average Bonchev–Trinajstić information content (AvgIpc) is 2.90. The lowest BCUT2D eigenvalue weighted by Crippen LogP contribution is -2.48. The summed E-state index contributed by atoms with van der Waals surface area (Å²) in [7, 11) is -7.64. The average molecular weight is 496 g/mol. The second-order valence-corrected chi connectivity index (χ2v) is 12.8. The first-order valence-corrected chi connectivity index (χ1v) is 13.6. The number of piperazine rings is 1. The summed E-state index contributed by atoms with van der Waals surface area (Å²) in [5.74, 6) is -1.16. The molecule has 0 saturated carbocycles. The van der Waals surface area contributed by atoms with E-state index in [0.29, 0.717) is 18.7 Å². The minimum absolute atomic E-state index is 0.0739. The fourth-order valence-corrected chi connectivity index (χ4v) is 8.02. The van der Waals surface area contributed by atoms with Crippen LogP contribution in [0.4, 0.5) is 15.8 Å². The van der Waals surface area contributed by atoms with Crippen LogP contribution >= 0.6 is 0 Å². The van der Waals surface area contributed by atoms with Crippen molar-refractivity contribution in [1.82, 2.24) is 4.31 Å². The normalized spacial score (nSPS) is 20.9. The Kier molecular flexibility index (Phi) is 5.78. The fraction of sp³-hybridized carbons (Fsp3) is 0.409. The van der Waals surface area contributed by atoms with Crippen LogP contribution in [0.2, 0.25) is 0 Å². The van der Waals surface area contributed by atoms with E-state index in [9.17, 15) is 26.0 Å². The molecule has 0 radical (unpaired) electrons. The summed E-state index contributed by atoms with van der Waals surface area (Å²) >= 11 is 0. The Morgan fingerprint density at radius 3 is 2.03 bits per heavy atom. The number of rotatable bonds is 4. The molecule has 2 saturated heterocycles. The number of sulfonamides is 2. The number of anilines is 2. The van der Waals surface area contributed by atoms with Gasteiger partial charge < -0.3 is 4.90 Å². The van der Waals surface area contributed by atoms with Crippen molar-refractivity contribution in [1.29, 1.82) is 0 Å². The SMILES string of the molecule is Cc1cc(N2C(=O)C(C)(C)CS2(=O)=O)ccc1S(=O)(=O)N1CCN(c2ccc(F)cc2)CC1. The summed E-state index contributed by atoms with van der Waals surface area (Å²) in [6.45, 7) is 6.16. The van der Waals surface area contributed by atoms with Crippen LogP contribution in [-0.4, -0.2) is 59.0 Å². The van der Waals surface area contributed by atoms with Gasteiger partial charge in [-0.15, -0.1) is 0 Å². The van der Waals surface area contributed by atoms with Crippen molar-refractivity contribution in [2.75, 3.05) is 41.1 Å². The standard InChI is InChI=1S/C22H26FN3O5S2/c1-16-14-19(26-21(27)22(2,3)15-32(26,28)29)8-9-20(16)33(30,31)25-12-10-24(11-13-25)18-6-4-17(23)5-7-18/h4-9,14H,10-13,15H2,1-3H3. The number of benzene rings is 2. The van der Waals surface area contributed by atoms with Crippen molar-refractivity contribution < 1.29 is 26.0 Å². The second kappa shape index (κ2) is 8.07. The quantitative estimate of drug-likeness (QED) is 0.646. The Labute approximate surface area is 193 Å². The first kappa shape index (κ1) is 23.7. The molecule has 2 aliphatic rings. The van der Waals surface area contributed by atoms with Gasteiger partial charge in [-0.1, -0.05) is 0 Å². The van der Waals surface area contributed by atoms with Crippen LogP contribution in [0.5, 0.6) is 0 Å². The molecule has 33 heavy (non-hydrogen) atoms. The summed E-state index contributed by atoms with van der Waals surface area (Å²) in [5, 5.41) is 0. The van der Waals surface area contributed by atoms with Gasteiger partial charge in [0.1, 0.15) is 5.82 Å². The summed E-state index contributed by atoms with van der Waals surface area (Å²) in [6.07, 6.45) is 0. The molecular weight excluding hydrogens is 469 g/mol. The predicted molar refractivity (Wildman–Crippen MR) is 124 cm³/mol. The van der Waals surface area contributed by atoms with Crippen LogP contribution in [-0.2, 0) is 24.8 Å². The Bertz CT molecular complexity index is 1300. The van der Waals surface area contributed by atoms with E-state index in [-0.39, 0.29) is 35.2 Å². The maximum absolute atomic E-state index is 13.3. The van der Waals surface area contributed by atoms with Gasteiger partial charge in [0.05, 0.1) is 21.8 Å². The van der Waals surface area contributed by atoms with E-state index >= 15 is 0 Å². The molecule has 2 aromatic rings. The van der Waals surface area contributed by atoms with E-state index in [4.69, 9.17) is 0 Å². The molecular formula is C22H26FN3O5S2. The zero-order valence-electron chi connectivity index (χ0n) is 18.7. The first-order chi connectivity index (χ1) is 15.3. The summed E-state index contributed by atoms with van der Waals surface area (Å²) in [4.78, 5) is 14.7. The summed E-state index contributed by atoms with van der Waals surface area (Å²) in [6, 6.07) is 10.2. The van der Waals surface area contributed by atoms with E-state index in [1.807, 2.05) is 4.90 Å². The molecule has 2 heterocycles. The van der Waals surface area contributed by atoms with Gasteiger partial charge in [0, 0.05) is 31.9 Å². The number of amides is 1. The number of hydrogen-bond acceptors (Lipinski definition) is 6. The molecule has 0 aliphatic carbocycles. The van der Waals surface area contributed by atoms with E-state index in [2.05, 4.69) is 0 Å². The van der Waals surface area contributed by atoms with Crippen molar-refractivity contribution >= 4 is 37.3 Å². The van der Waals surface area contributed by atoms with Gasteiger partial charge in [-0.3, -0.25) is 4.79 Å². The molecule has 0 spiro atoms. The number of aryl methyl sites for hydroxylation is 1. The van der Waals surface area contributed by atoms with E-state index in [1.54, 1.807) is 32.9 Å². The fourth-order valence-electron chi connectivity index (χ4n) is 4.29. The lowest BCUT2D eigenvalue weighted by Gasteiger charge is -2.35.